The fourth-order valence-electron chi connectivity index (χ4n) is 5.03. The van der Waals surface area contributed by atoms with Crippen LogP contribution in [0.4, 0.5) is 0 Å². The van der Waals surface area contributed by atoms with E-state index in [1.165, 1.54) is 0 Å². The van der Waals surface area contributed by atoms with E-state index in [9.17, 15) is 10.2 Å². The van der Waals surface area contributed by atoms with Crippen LogP contribution in [0.2, 0.25) is 0 Å². The molecule has 0 heterocycles. The second-order valence-electron chi connectivity index (χ2n) is 10.7. The summed E-state index contributed by atoms with van der Waals surface area (Å²) in [5.41, 5.74) is 3.23. The molecule has 0 fully saturated rings. The van der Waals surface area contributed by atoms with Gasteiger partial charge in [-0.05, 0) is 16.7 Å². The van der Waals surface area contributed by atoms with Crippen molar-refractivity contribution in [3.05, 3.63) is 108 Å². The van der Waals surface area contributed by atoms with Gasteiger partial charge >= 0.3 is 0 Å². The Hall–Kier alpha value is -2.58. The van der Waals surface area contributed by atoms with E-state index in [-0.39, 0.29) is 30.5 Å². The summed E-state index contributed by atoms with van der Waals surface area (Å²) < 4.78 is 25.1. The Morgan fingerprint density at radius 2 is 1.05 bits per heavy atom. The minimum absolute atomic E-state index is 0.0233. The topological polar surface area (TPSA) is 77.4 Å². The lowest BCUT2D eigenvalue weighted by molar-refractivity contribution is -0.172. The van der Waals surface area contributed by atoms with Crippen LogP contribution in [0.3, 0.4) is 0 Å². The van der Waals surface area contributed by atoms with Crippen LogP contribution in [0.1, 0.15) is 37.5 Å². The largest absolute Gasteiger partial charge is 0.396 e. The Labute approximate surface area is 239 Å². The Balaban J connectivity index is 1.83. The van der Waals surface area contributed by atoms with Crippen molar-refractivity contribution in [3.63, 3.8) is 0 Å². The molecule has 3 aromatic carbocycles. The summed E-state index contributed by atoms with van der Waals surface area (Å²) in [7, 11) is 1.58. The van der Waals surface area contributed by atoms with Gasteiger partial charge in [-0.1, -0.05) is 112 Å². The molecule has 3 rings (SSSR count). The first kappa shape index (κ1) is 31.9. The summed E-state index contributed by atoms with van der Waals surface area (Å²) in [6.45, 7) is 7.68. The number of methoxy groups -OCH3 is 1. The first-order chi connectivity index (χ1) is 19.4. The van der Waals surface area contributed by atoms with Crippen LogP contribution in [0.15, 0.2) is 91.0 Å². The van der Waals surface area contributed by atoms with Crippen molar-refractivity contribution < 1.29 is 29.2 Å². The van der Waals surface area contributed by atoms with E-state index in [0.717, 1.165) is 16.7 Å². The smallest absolute Gasteiger partial charge is 0.110 e. The van der Waals surface area contributed by atoms with Gasteiger partial charge in [0.15, 0.2) is 0 Å². The number of hydrogen-bond donors (Lipinski definition) is 2. The second-order valence-corrected chi connectivity index (χ2v) is 10.7. The monoisotopic (exact) mass is 550 g/mol. The highest BCUT2D eigenvalue weighted by Crippen LogP contribution is 2.30. The second kappa shape index (κ2) is 17.3. The van der Waals surface area contributed by atoms with Crippen LogP contribution >= 0.6 is 0 Å². The van der Waals surface area contributed by atoms with E-state index in [0.29, 0.717) is 26.4 Å². The Morgan fingerprint density at radius 3 is 1.50 bits per heavy atom. The zero-order valence-corrected chi connectivity index (χ0v) is 24.3. The quantitative estimate of drug-likeness (QED) is 0.213. The zero-order chi connectivity index (χ0) is 28.7. The molecule has 0 aliphatic carbocycles. The molecule has 0 radical (unpaired) electrons. The van der Waals surface area contributed by atoms with E-state index < -0.39 is 18.3 Å². The van der Waals surface area contributed by atoms with Gasteiger partial charge in [-0.3, -0.25) is 0 Å². The lowest BCUT2D eigenvalue weighted by atomic mass is 9.83. The van der Waals surface area contributed by atoms with Gasteiger partial charge in [-0.25, -0.2) is 0 Å². The third-order valence-corrected chi connectivity index (χ3v) is 7.46. The highest BCUT2D eigenvalue weighted by Gasteiger charge is 2.40. The fraction of sp³-hybridized carbons (Fsp3) is 0.471. The van der Waals surface area contributed by atoms with Crippen LogP contribution in [0.5, 0.6) is 0 Å². The van der Waals surface area contributed by atoms with E-state index in [4.69, 9.17) is 18.9 Å². The van der Waals surface area contributed by atoms with Gasteiger partial charge in [0, 0.05) is 31.5 Å². The molecule has 0 aliphatic heterocycles. The number of hydrogen-bond acceptors (Lipinski definition) is 6. The lowest BCUT2D eigenvalue weighted by Crippen LogP contribution is -2.51. The van der Waals surface area contributed by atoms with Gasteiger partial charge < -0.3 is 29.2 Å². The molecule has 0 unspecified atom stereocenters. The summed E-state index contributed by atoms with van der Waals surface area (Å²) >= 11 is 0. The first-order valence-electron chi connectivity index (χ1n) is 14.2. The summed E-state index contributed by atoms with van der Waals surface area (Å²) in [5, 5.41) is 20.9. The average Bonchev–Trinajstić information content (AvgIpc) is 3.00. The lowest BCUT2D eigenvalue weighted by Gasteiger charge is -2.40. The molecular formula is C34H46O6. The van der Waals surface area contributed by atoms with Gasteiger partial charge in [-0.2, -0.15) is 0 Å². The molecule has 40 heavy (non-hydrogen) atoms. The predicted octanol–water partition coefficient (Wildman–Crippen LogP) is 5.65. The molecule has 0 aromatic heterocycles. The summed E-state index contributed by atoms with van der Waals surface area (Å²) in [6, 6.07) is 30.2. The number of aliphatic hydroxyl groups excluding tert-OH is 2. The van der Waals surface area contributed by atoms with Gasteiger partial charge in [0.2, 0.25) is 0 Å². The fourth-order valence-corrected chi connectivity index (χ4v) is 5.03. The minimum Gasteiger partial charge on any atom is -0.396 e. The van der Waals surface area contributed by atoms with E-state index in [1.54, 1.807) is 14.0 Å². The summed E-state index contributed by atoms with van der Waals surface area (Å²) in [6.07, 6.45) is -2.35. The Morgan fingerprint density at radius 1 is 0.600 bits per heavy atom. The molecule has 0 bridgehead atoms. The highest BCUT2D eigenvalue weighted by atomic mass is 16.5. The van der Waals surface area contributed by atoms with Crippen molar-refractivity contribution in [3.8, 4) is 0 Å². The Kier molecular flexibility index (Phi) is 13.8. The van der Waals surface area contributed by atoms with Gasteiger partial charge in [0.1, 0.15) is 6.10 Å². The molecule has 0 aliphatic rings. The van der Waals surface area contributed by atoms with Crippen LogP contribution in [0.25, 0.3) is 0 Å². The van der Waals surface area contributed by atoms with Crippen molar-refractivity contribution in [2.24, 2.45) is 17.8 Å². The third kappa shape index (κ3) is 9.81. The van der Waals surface area contributed by atoms with Crippen molar-refractivity contribution in [1.82, 2.24) is 0 Å². The SMILES string of the molecule is CO[C@@H]([C@@H](O)[C@H](C)CO)[C@@H](OCc1ccccc1)[C@H](C)[C@@H](OCc1ccccc1)[C@@H](C)COCc1ccccc1. The summed E-state index contributed by atoms with van der Waals surface area (Å²) in [5.74, 6) is -0.529. The molecule has 0 saturated heterocycles. The zero-order valence-electron chi connectivity index (χ0n) is 24.3. The predicted molar refractivity (Wildman–Crippen MR) is 158 cm³/mol. The van der Waals surface area contributed by atoms with Crippen molar-refractivity contribution >= 4 is 0 Å². The van der Waals surface area contributed by atoms with Gasteiger partial charge in [0.05, 0.1) is 44.7 Å². The molecule has 3 aromatic rings. The molecule has 0 saturated carbocycles. The van der Waals surface area contributed by atoms with Crippen LogP contribution < -0.4 is 0 Å². The number of aliphatic hydroxyl groups is 2. The van der Waals surface area contributed by atoms with Crippen LogP contribution in [0, 0.1) is 17.8 Å². The van der Waals surface area contributed by atoms with Crippen molar-refractivity contribution in [2.75, 3.05) is 20.3 Å². The molecular weight excluding hydrogens is 504 g/mol. The third-order valence-electron chi connectivity index (χ3n) is 7.46. The van der Waals surface area contributed by atoms with Gasteiger partial charge in [-0.15, -0.1) is 0 Å². The van der Waals surface area contributed by atoms with Crippen LogP contribution in [-0.4, -0.2) is 55.0 Å². The first-order valence-corrected chi connectivity index (χ1v) is 14.2. The van der Waals surface area contributed by atoms with E-state index in [2.05, 4.69) is 26.0 Å². The number of ether oxygens (including phenoxy) is 4. The standard InChI is InChI=1S/C34H46O6/c1-25(20-35)31(36)34(37-4)33(40-24-30-18-12-7-13-19-30)27(3)32(39-23-29-16-10-6-11-17-29)26(2)21-38-22-28-14-8-5-9-15-28/h5-19,25-27,31-36H,20-24H2,1-4H3/t25-,26+,27-,31+,32+,33+,34+/m1/s1. The Bertz CT molecular complexity index is 1050. The number of rotatable bonds is 18. The highest BCUT2D eigenvalue weighted by molar-refractivity contribution is 5.15. The minimum atomic E-state index is -0.919. The maximum atomic E-state index is 11.2. The van der Waals surface area contributed by atoms with E-state index >= 15 is 0 Å². The van der Waals surface area contributed by atoms with E-state index in [1.807, 2.05) is 78.9 Å². The van der Waals surface area contributed by atoms with Crippen molar-refractivity contribution in [1.29, 1.82) is 0 Å². The molecule has 7 atom stereocenters. The summed E-state index contributed by atoms with van der Waals surface area (Å²) in [4.78, 5) is 0. The maximum Gasteiger partial charge on any atom is 0.110 e. The molecule has 6 heteroatoms. The normalized spacial score (nSPS) is 16.9. The maximum absolute atomic E-state index is 11.2. The molecule has 218 valence electrons. The molecule has 0 amide bonds. The van der Waals surface area contributed by atoms with Crippen LogP contribution in [-0.2, 0) is 38.8 Å². The average molecular weight is 551 g/mol. The number of benzene rings is 3. The molecule has 6 nitrogen and oxygen atoms in total. The van der Waals surface area contributed by atoms with Crippen molar-refractivity contribution in [2.45, 2.75) is 65.0 Å². The van der Waals surface area contributed by atoms with Gasteiger partial charge in [0.25, 0.3) is 0 Å². The molecule has 0 spiro atoms. The molecule has 2 N–H and O–H groups in total.